The first-order chi connectivity index (χ1) is 9.08. The number of anilines is 1. The molecule has 19 heavy (non-hydrogen) atoms. The lowest BCUT2D eigenvalue weighted by atomic mass is 9.98. The van der Waals surface area contributed by atoms with E-state index in [4.69, 9.17) is 0 Å². The zero-order valence-electron chi connectivity index (χ0n) is 13.2. The van der Waals surface area contributed by atoms with E-state index in [1.807, 2.05) is 0 Å². The maximum Gasteiger partial charge on any atom is 0.0364 e. The van der Waals surface area contributed by atoms with Crippen LogP contribution in [0.15, 0.2) is 24.3 Å². The molecule has 0 heterocycles. The molecule has 108 valence electrons. The third kappa shape index (κ3) is 5.23. The Balaban J connectivity index is 2.63. The van der Waals surface area contributed by atoms with Crippen molar-refractivity contribution in [2.45, 2.75) is 46.6 Å². The van der Waals surface area contributed by atoms with Crippen LogP contribution in [0.4, 0.5) is 5.69 Å². The van der Waals surface area contributed by atoms with E-state index in [0.717, 1.165) is 13.1 Å². The summed E-state index contributed by atoms with van der Waals surface area (Å²) in [5, 5.41) is 3.69. The summed E-state index contributed by atoms with van der Waals surface area (Å²) in [6, 6.07) is 9.36. The van der Waals surface area contributed by atoms with Crippen LogP contribution in [0.1, 0.15) is 39.2 Å². The number of benzene rings is 1. The summed E-state index contributed by atoms with van der Waals surface area (Å²) in [4.78, 5) is 2.36. The Morgan fingerprint density at radius 3 is 2.32 bits per heavy atom. The van der Waals surface area contributed by atoms with E-state index in [0.29, 0.717) is 12.0 Å². The van der Waals surface area contributed by atoms with Crippen LogP contribution in [0.2, 0.25) is 0 Å². The molecule has 1 aromatic carbocycles. The molecule has 0 aliphatic carbocycles. The number of hydrogen-bond acceptors (Lipinski definition) is 2. The summed E-state index contributed by atoms with van der Waals surface area (Å²) in [6.45, 7) is 11.2. The Morgan fingerprint density at radius 2 is 1.79 bits per heavy atom. The molecule has 0 saturated heterocycles. The zero-order valence-corrected chi connectivity index (χ0v) is 13.2. The van der Waals surface area contributed by atoms with Gasteiger partial charge in [-0.05, 0) is 37.9 Å². The molecule has 2 nitrogen and oxygen atoms in total. The number of aryl methyl sites for hydroxylation is 1. The molecule has 0 aliphatic rings. The van der Waals surface area contributed by atoms with Crippen LogP contribution in [-0.4, -0.2) is 26.2 Å². The Morgan fingerprint density at radius 1 is 1.16 bits per heavy atom. The molecule has 0 aliphatic heterocycles. The van der Waals surface area contributed by atoms with Gasteiger partial charge in [0.2, 0.25) is 0 Å². The minimum Gasteiger partial charge on any atom is -0.373 e. The van der Waals surface area contributed by atoms with Crippen molar-refractivity contribution in [1.82, 2.24) is 5.32 Å². The number of nitrogens with one attached hydrogen (secondary N) is 1. The normalized spacial score (nSPS) is 14.2. The van der Waals surface area contributed by atoms with Crippen LogP contribution >= 0.6 is 0 Å². The van der Waals surface area contributed by atoms with Gasteiger partial charge in [-0.1, -0.05) is 44.9 Å². The van der Waals surface area contributed by atoms with Gasteiger partial charge in [-0.25, -0.2) is 0 Å². The van der Waals surface area contributed by atoms with Gasteiger partial charge in [-0.3, -0.25) is 0 Å². The van der Waals surface area contributed by atoms with E-state index in [2.05, 4.69) is 69.2 Å². The van der Waals surface area contributed by atoms with Gasteiger partial charge in [0, 0.05) is 25.3 Å². The fourth-order valence-corrected chi connectivity index (χ4v) is 2.26. The third-order valence-corrected chi connectivity index (χ3v) is 3.93. The largest absolute Gasteiger partial charge is 0.373 e. The summed E-state index contributed by atoms with van der Waals surface area (Å²) >= 11 is 0. The van der Waals surface area contributed by atoms with Gasteiger partial charge in [0.1, 0.15) is 0 Å². The van der Waals surface area contributed by atoms with Gasteiger partial charge in [-0.15, -0.1) is 0 Å². The van der Waals surface area contributed by atoms with Crippen molar-refractivity contribution in [3.8, 4) is 0 Å². The highest BCUT2D eigenvalue weighted by atomic mass is 15.1. The van der Waals surface area contributed by atoms with E-state index in [1.54, 1.807) is 0 Å². The molecule has 0 aromatic heterocycles. The molecule has 0 spiro atoms. The zero-order chi connectivity index (χ0) is 14.3. The van der Waals surface area contributed by atoms with Crippen LogP contribution in [0.3, 0.4) is 0 Å². The van der Waals surface area contributed by atoms with Crippen molar-refractivity contribution in [3.05, 3.63) is 29.8 Å². The highest BCUT2D eigenvalue weighted by Crippen LogP contribution is 2.16. The minimum absolute atomic E-state index is 0.566. The van der Waals surface area contributed by atoms with E-state index < -0.39 is 0 Å². The van der Waals surface area contributed by atoms with Crippen LogP contribution in [0.25, 0.3) is 0 Å². The summed E-state index contributed by atoms with van der Waals surface area (Å²) in [7, 11) is 2.19. The lowest BCUT2D eigenvalue weighted by molar-refractivity contribution is 0.370. The summed E-state index contributed by atoms with van der Waals surface area (Å²) in [5.41, 5.74) is 2.62. The molecular weight excluding hydrogens is 232 g/mol. The average molecular weight is 262 g/mol. The fourth-order valence-electron chi connectivity index (χ4n) is 2.26. The fraction of sp³-hybridized carbons (Fsp3) is 0.647. The standard InChI is InChI=1S/C17H30N2/c1-6-12-18-17(15(4)7-2)13-19(5)16-10-8-14(3)9-11-16/h8-11,15,17-18H,6-7,12-13H2,1-5H3. The second-order valence-corrected chi connectivity index (χ2v) is 5.66. The highest BCUT2D eigenvalue weighted by Gasteiger charge is 2.17. The molecule has 0 radical (unpaired) electrons. The smallest absolute Gasteiger partial charge is 0.0364 e. The van der Waals surface area contributed by atoms with E-state index in [-0.39, 0.29) is 0 Å². The van der Waals surface area contributed by atoms with Crippen LogP contribution < -0.4 is 10.2 Å². The van der Waals surface area contributed by atoms with Crippen molar-refractivity contribution in [3.63, 3.8) is 0 Å². The number of likely N-dealkylation sites (N-methyl/N-ethyl adjacent to an activating group) is 1. The van der Waals surface area contributed by atoms with Gasteiger partial charge in [0.05, 0.1) is 0 Å². The average Bonchev–Trinajstić information content (AvgIpc) is 2.43. The number of hydrogen-bond donors (Lipinski definition) is 1. The van der Waals surface area contributed by atoms with Crippen molar-refractivity contribution in [1.29, 1.82) is 0 Å². The van der Waals surface area contributed by atoms with Gasteiger partial charge in [0.15, 0.2) is 0 Å². The first kappa shape index (κ1) is 16.0. The predicted octanol–water partition coefficient (Wildman–Crippen LogP) is 3.85. The SMILES string of the molecule is CCCNC(CN(C)c1ccc(C)cc1)C(C)CC. The van der Waals surface area contributed by atoms with E-state index >= 15 is 0 Å². The molecule has 0 saturated carbocycles. The summed E-state index contributed by atoms with van der Waals surface area (Å²) in [5.74, 6) is 0.708. The molecular formula is C17H30N2. The molecule has 1 N–H and O–H groups in total. The van der Waals surface area contributed by atoms with E-state index in [9.17, 15) is 0 Å². The predicted molar refractivity (Wildman–Crippen MR) is 86.0 cm³/mol. The third-order valence-electron chi connectivity index (χ3n) is 3.93. The van der Waals surface area contributed by atoms with Crippen molar-refractivity contribution in [2.75, 3.05) is 25.0 Å². The maximum absolute atomic E-state index is 3.69. The van der Waals surface area contributed by atoms with Crippen LogP contribution in [0.5, 0.6) is 0 Å². The Hall–Kier alpha value is -1.02. The molecule has 1 rings (SSSR count). The van der Waals surface area contributed by atoms with Crippen LogP contribution in [-0.2, 0) is 0 Å². The molecule has 2 heteroatoms. The maximum atomic E-state index is 3.69. The molecule has 2 unspecified atom stereocenters. The Labute approximate surface area is 119 Å². The molecule has 0 bridgehead atoms. The number of rotatable bonds is 8. The van der Waals surface area contributed by atoms with Crippen molar-refractivity contribution < 1.29 is 0 Å². The lowest BCUT2D eigenvalue weighted by Crippen LogP contribution is -2.44. The van der Waals surface area contributed by atoms with E-state index in [1.165, 1.54) is 24.1 Å². The first-order valence-electron chi connectivity index (χ1n) is 7.59. The quantitative estimate of drug-likeness (QED) is 0.765. The Bertz CT molecular complexity index is 345. The molecule has 2 atom stereocenters. The second kappa shape index (κ2) is 8.21. The minimum atomic E-state index is 0.566. The lowest BCUT2D eigenvalue weighted by Gasteiger charge is -2.30. The molecule has 0 fully saturated rings. The van der Waals surface area contributed by atoms with Gasteiger partial charge < -0.3 is 10.2 Å². The summed E-state index contributed by atoms with van der Waals surface area (Å²) in [6.07, 6.45) is 2.42. The second-order valence-electron chi connectivity index (χ2n) is 5.66. The number of nitrogens with zero attached hydrogens (tertiary/aromatic N) is 1. The topological polar surface area (TPSA) is 15.3 Å². The Kier molecular flexibility index (Phi) is 6.93. The van der Waals surface area contributed by atoms with Crippen molar-refractivity contribution in [2.24, 2.45) is 5.92 Å². The monoisotopic (exact) mass is 262 g/mol. The highest BCUT2D eigenvalue weighted by molar-refractivity contribution is 5.46. The van der Waals surface area contributed by atoms with Crippen molar-refractivity contribution >= 4 is 5.69 Å². The molecule has 0 amide bonds. The van der Waals surface area contributed by atoms with Gasteiger partial charge in [-0.2, -0.15) is 0 Å². The van der Waals surface area contributed by atoms with Gasteiger partial charge >= 0.3 is 0 Å². The van der Waals surface area contributed by atoms with Crippen LogP contribution in [0, 0.1) is 12.8 Å². The summed E-state index contributed by atoms with van der Waals surface area (Å²) < 4.78 is 0. The first-order valence-corrected chi connectivity index (χ1v) is 7.59. The molecule has 1 aromatic rings. The van der Waals surface area contributed by atoms with Gasteiger partial charge in [0.25, 0.3) is 0 Å².